The van der Waals surface area contributed by atoms with Crippen LogP contribution in [0.5, 0.6) is 0 Å². The minimum atomic E-state index is -1.64. The van der Waals surface area contributed by atoms with Gasteiger partial charge in [-0.2, -0.15) is 5.26 Å². The third kappa shape index (κ3) is 8.63. The highest BCUT2D eigenvalue weighted by atomic mass is 19.1. The summed E-state index contributed by atoms with van der Waals surface area (Å²) in [4.78, 5) is 38.8. The number of carbonyl (C=O) groups is 2. The van der Waals surface area contributed by atoms with Crippen LogP contribution in [0.4, 0.5) is 9.18 Å². The molecule has 1 aromatic heterocycles. The number of nitrogens with one attached hydrogen (secondary N) is 2. The number of morpholine rings is 1. The standard InChI is InChI=1S/C30H36FN5O7/c1-30(2,3)43-28(39)33-18-25(37)27(38)34-22(17-32)14-21-5-4-19(15-23(21)31)20-6-7-26-24(16-20)36(29(40)42-26)9-8-35-10-12-41-13-11-35/h4-7,15-16,22,25,37H,8-14,18H2,1-3H3,(H,33,39)(H,34,38)/t22-,25-/m0/s1. The monoisotopic (exact) mass is 597 g/mol. The normalized spacial score (nSPS) is 15.4. The molecule has 2 amide bonds. The smallest absolute Gasteiger partial charge is 0.419 e. The lowest BCUT2D eigenvalue weighted by atomic mass is 10.00. The number of aliphatic hydroxyl groups is 1. The molecule has 0 radical (unpaired) electrons. The van der Waals surface area contributed by atoms with Crippen LogP contribution in [0.2, 0.25) is 0 Å². The summed E-state index contributed by atoms with van der Waals surface area (Å²) in [5.41, 5.74) is 1.70. The number of rotatable bonds is 10. The van der Waals surface area contributed by atoms with Gasteiger partial charge in [0.15, 0.2) is 5.58 Å². The van der Waals surface area contributed by atoms with Crippen LogP contribution in [0.15, 0.2) is 45.6 Å². The highest BCUT2D eigenvalue weighted by molar-refractivity contribution is 5.82. The lowest BCUT2D eigenvalue weighted by Crippen LogP contribution is -2.47. The quantitative estimate of drug-likeness (QED) is 0.318. The summed E-state index contributed by atoms with van der Waals surface area (Å²) in [6.45, 7) is 8.59. The summed E-state index contributed by atoms with van der Waals surface area (Å²) in [5, 5.41) is 24.3. The van der Waals surface area contributed by atoms with Crippen molar-refractivity contribution in [1.82, 2.24) is 20.1 Å². The second-order valence-corrected chi connectivity index (χ2v) is 11.3. The summed E-state index contributed by atoms with van der Waals surface area (Å²) >= 11 is 0. The zero-order chi connectivity index (χ0) is 31.1. The number of benzene rings is 2. The van der Waals surface area contributed by atoms with Gasteiger partial charge in [0.05, 0.1) is 31.3 Å². The molecular weight excluding hydrogens is 561 g/mol. The Morgan fingerprint density at radius 3 is 2.51 bits per heavy atom. The molecule has 3 N–H and O–H groups in total. The van der Waals surface area contributed by atoms with Crippen LogP contribution in [0, 0.1) is 17.1 Å². The van der Waals surface area contributed by atoms with Gasteiger partial charge in [0.25, 0.3) is 5.91 Å². The number of ether oxygens (including phenoxy) is 2. The van der Waals surface area contributed by atoms with E-state index in [1.807, 2.05) is 6.07 Å². The molecule has 0 aliphatic carbocycles. The fraction of sp³-hybridized carbons (Fsp3) is 0.467. The van der Waals surface area contributed by atoms with Crippen molar-refractivity contribution in [2.75, 3.05) is 39.4 Å². The predicted molar refractivity (Wildman–Crippen MR) is 155 cm³/mol. The number of hydrogen-bond acceptors (Lipinski definition) is 9. The molecule has 0 spiro atoms. The van der Waals surface area contributed by atoms with E-state index < -0.39 is 47.9 Å². The maximum absolute atomic E-state index is 15.2. The van der Waals surface area contributed by atoms with Gasteiger partial charge in [-0.25, -0.2) is 14.0 Å². The molecule has 1 saturated heterocycles. The van der Waals surface area contributed by atoms with Gasteiger partial charge in [0.1, 0.15) is 23.6 Å². The number of hydrogen-bond donors (Lipinski definition) is 3. The van der Waals surface area contributed by atoms with Gasteiger partial charge in [0, 0.05) is 32.6 Å². The van der Waals surface area contributed by atoms with Crippen molar-refractivity contribution in [3.8, 4) is 17.2 Å². The summed E-state index contributed by atoms with van der Waals surface area (Å²) in [6, 6.07) is 10.5. The van der Waals surface area contributed by atoms with Gasteiger partial charge in [-0.3, -0.25) is 14.3 Å². The maximum Gasteiger partial charge on any atom is 0.419 e. The number of carbonyl (C=O) groups excluding carboxylic acids is 2. The SMILES string of the molecule is CC(C)(C)OC(=O)NC[C@H](O)C(=O)N[C@H](C#N)Cc1ccc(-c2ccc3oc(=O)n(CCN4CCOCC4)c3c2)cc1F. The number of nitrogens with zero attached hydrogens (tertiary/aromatic N) is 3. The van der Waals surface area contributed by atoms with E-state index in [1.165, 1.54) is 12.1 Å². The number of oxazole rings is 1. The molecule has 0 saturated carbocycles. The van der Waals surface area contributed by atoms with E-state index in [9.17, 15) is 24.8 Å². The van der Waals surface area contributed by atoms with Crippen LogP contribution in [-0.2, 0) is 27.2 Å². The topological polar surface area (TPSA) is 159 Å². The second kappa shape index (κ2) is 13.8. The molecule has 4 rings (SSSR count). The number of halogens is 1. The lowest BCUT2D eigenvalue weighted by Gasteiger charge is -2.26. The first-order valence-electron chi connectivity index (χ1n) is 14.0. The molecular formula is C30H36FN5O7. The third-order valence-electron chi connectivity index (χ3n) is 6.83. The first kappa shape index (κ1) is 31.7. The number of aliphatic hydroxyl groups excluding tert-OH is 1. The van der Waals surface area contributed by atoms with E-state index in [-0.39, 0.29) is 12.0 Å². The Balaban J connectivity index is 1.40. The van der Waals surface area contributed by atoms with Gasteiger partial charge in [-0.15, -0.1) is 0 Å². The Labute approximate surface area is 248 Å². The Morgan fingerprint density at radius 2 is 1.84 bits per heavy atom. The van der Waals surface area contributed by atoms with Crippen molar-refractivity contribution < 1.29 is 33.0 Å². The van der Waals surface area contributed by atoms with Gasteiger partial charge >= 0.3 is 11.8 Å². The fourth-order valence-corrected chi connectivity index (χ4v) is 4.62. The Hall–Kier alpha value is -4.25. The summed E-state index contributed by atoms with van der Waals surface area (Å²) in [7, 11) is 0. The van der Waals surface area contributed by atoms with Crippen LogP contribution in [0.1, 0.15) is 26.3 Å². The highest BCUT2D eigenvalue weighted by Gasteiger charge is 2.23. The van der Waals surface area contributed by atoms with Crippen LogP contribution >= 0.6 is 0 Å². The first-order valence-corrected chi connectivity index (χ1v) is 14.0. The minimum Gasteiger partial charge on any atom is -0.444 e. The molecule has 1 aliphatic heterocycles. The van der Waals surface area contributed by atoms with Crippen molar-refractivity contribution in [2.24, 2.45) is 0 Å². The molecule has 0 unspecified atom stereocenters. The van der Waals surface area contributed by atoms with Crippen LogP contribution < -0.4 is 16.4 Å². The third-order valence-corrected chi connectivity index (χ3v) is 6.83. The summed E-state index contributed by atoms with van der Waals surface area (Å²) in [6.07, 6.45) is -2.59. The van der Waals surface area contributed by atoms with Crippen LogP contribution in [-0.4, -0.2) is 83.7 Å². The molecule has 1 fully saturated rings. The van der Waals surface area contributed by atoms with E-state index in [0.717, 1.165) is 13.1 Å². The van der Waals surface area contributed by atoms with E-state index in [2.05, 4.69) is 15.5 Å². The number of amides is 2. The minimum absolute atomic E-state index is 0.150. The van der Waals surface area contributed by atoms with Gasteiger partial charge in [-0.05, 0) is 55.7 Å². The fourth-order valence-electron chi connectivity index (χ4n) is 4.62. The lowest BCUT2D eigenvalue weighted by molar-refractivity contribution is -0.129. The van der Waals surface area contributed by atoms with Crippen molar-refractivity contribution >= 4 is 23.1 Å². The Kier molecular flexibility index (Phi) is 10.2. The highest BCUT2D eigenvalue weighted by Crippen LogP contribution is 2.26. The van der Waals surface area contributed by atoms with Gasteiger partial charge in [0.2, 0.25) is 0 Å². The van der Waals surface area contributed by atoms with Crippen LogP contribution in [0.3, 0.4) is 0 Å². The maximum atomic E-state index is 15.2. The van der Waals surface area contributed by atoms with Crippen molar-refractivity contribution in [3.63, 3.8) is 0 Å². The van der Waals surface area contributed by atoms with Crippen LogP contribution in [0.25, 0.3) is 22.2 Å². The Bertz CT molecular complexity index is 1550. The molecule has 0 bridgehead atoms. The van der Waals surface area contributed by atoms with Gasteiger partial charge in [-0.1, -0.05) is 18.2 Å². The zero-order valence-electron chi connectivity index (χ0n) is 24.4. The second-order valence-electron chi connectivity index (χ2n) is 11.3. The number of aromatic nitrogens is 1. The van der Waals surface area contributed by atoms with Crippen molar-refractivity contribution in [3.05, 3.63) is 58.3 Å². The molecule has 13 heteroatoms. The summed E-state index contributed by atoms with van der Waals surface area (Å²) < 4.78 is 32.6. The largest absolute Gasteiger partial charge is 0.444 e. The molecule has 2 atom stereocenters. The molecule has 12 nitrogen and oxygen atoms in total. The molecule has 2 heterocycles. The number of fused-ring (bicyclic) bond motifs is 1. The van der Waals surface area contributed by atoms with Crippen molar-refractivity contribution in [2.45, 2.75) is 51.5 Å². The number of nitriles is 1. The van der Waals surface area contributed by atoms with E-state index in [0.29, 0.717) is 48.5 Å². The molecule has 1 aliphatic rings. The average Bonchev–Trinajstić information content (AvgIpc) is 3.28. The Morgan fingerprint density at radius 1 is 1.14 bits per heavy atom. The average molecular weight is 598 g/mol. The molecule has 3 aromatic rings. The van der Waals surface area contributed by atoms with E-state index >= 15 is 4.39 Å². The van der Waals surface area contributed by atoms with E-state index in [1.54, 1.807) is 49.6 Å². The summed E-state index contributed by atoms with van der Waals surface area (Å²) in [5.74, 6) is -1.94. The zero-order valence-corrected chi connectivity index (χ0v) is 24.4. The predicted octanol–water partition coefficient (Wildman–Crippen LogP) is 2.17. The van der Waals surface area contributed by atoms with Gasteiger partial charge < -0.3 is 29.6 Å². The molecule has 2 aromatic carbocycles. The van der Waals surface area contributed by atoms with E-state index in [4.69, 9.17) is 13.9 Å². The molecule has 230 valence electrons. The van der Waals surface area contributed by atoms with Crippen molar-refractivity contribution in [1.29, 1.82) is 5.26 Å². The molecule has 43 heavy (non-hydrogen) atoms. The first-order chi connectivity index (χ1) is 20.4. The number of alkyl carbamates (subject to hydrolysis) is 1.